The summed E-state index contributed by atoms with van der Waals surface area (Å²) in [5.74, 6) is 1.77. The van der Waals surface area contributed by atoms with E-state index in [-0.39, 0.29) is 51.5 Å². The third kappa shape index (κ3) is 4.90. The molecule has 0 aliphatic heterocycles. The molecule has 5 fully saturated rings. The van der Waals surface area contributed by atoms with Crippen molar-refractivity contribution in [1.82, 2.24) is 0 Å². The van der Waals surface area contributed by atoms with E-state index in [0.717, 1.165) is 64.2 Å². The first-order valence-electron chi connectivity index (χ1n) is 18.3. The normalized spacial score (nSPS) is 41.0. The van der Waals surface area contributed by atoms with Crippen LogP contribution in [0.5, 0.6) is 11.5 Å². The van der Waals surface area contributed by atoms with Crippen molar-refractivity contribution in [3.63, 3.8) is 0 Å². The Balaban J connectivity index is 1.33. The number of ether oxygens (including phenoxy) is 4. The average molecular weight is 663 g/mol. The predicted octanol–water partition coefficient (Wildman–Crippen LogP) is 8.98. The number of carbonyl (C=O) groups is 3. The highest BCUT2D eigenvalue weighted by atomic mass is 16.6. The summed E-state index contributed by atoms with van der Waals surface area (Å²) in [5, 5.41) is 0. The Bertz CT molecular complexity index is 1500. The lowest BCUT2D eigenvalue weighted by molar-refractivity contribution is -0.250. The number of hydrogen-bond acceptors (Lipinski definition) is 7. The Labute approximate surface area is 287 Å². The molecule has 0 spiro atoms. The lowest BCUT2D eigenvalue weighted by atomic mass is 9.32. The van der Waals surface area contributed by atoms with Gasteiger partial charge in [0.15, 0.2) is 11.5 Å². The van der Waals surface area contributed by atoms with Crippen LogP contribution in [0, 0.1) is 56.7 Å². The van der Waals surface area contributed by atoms with Crippen LogP contribution in [0.25, 0.3) is 0 Å². The van der Waals surface area contributed by atoms with Crippen LogP contribution in [-0.2, 0) is 19.1 Å². The van der Waals surface area contributed by atoms with E-state index in [1.165, 1.54) is 19.8 Å². The minimum atomic E-state index is -0.589. The molecule has 48 heavy (non-hydrogen) atoms. The van der Waals surface area contributed by atoms with E-state index in [2.05, 4.69) is 48.1 Å². The maximum absolute atomic E-state index is 14.6. The Hall–Kier alpha value is -2.83. The number of fused-ring (bicyclic) bond motifs is 7. The quantitative estimate of drug-likeness (QED) is 0.171. The van der Waals surface area contributed by atoms with Crippen LogP contribution < -0.4 is 9.47 Å². The molecule has 1 aromatic carbocycles. The second-order valence-corrected chi connectivity index (χ2v) is 17.5. The van der Waals surface area contributed by atoms with Crippen molar-refractivity contribution in [2.24, 2.45) is 56.7 Å². The SMILES string of the molecule is C=C(C)[C@@H]1CC[C@]2(C(=O)Oc3ccc(C(=O)OC)cc3OC)CC[C@]3(C)[C@H](CC[C@@H]4[C@@]5(C)CC[C@H](OC(C)=O)C(C)(C)[C@@H]5CC[C@]43C)[C@H]12. The van der Waals surface area contributed by atoms with Crippen LogP contribution in [0.3, 0.4) is 0 Å². The summed E-state index contributed by atoms with van der Waals surface area (Å²) < 4.78 is 22.7. The van der Waals surface area contributed by atoms with Crippen LogP contribution in [0.2, 0.25) is 0 Å². The molecule has 7 heteroatoms. The van der Waals surface area contributed by atoms with Gasteiger partial charge in [-0.3, -0.25) is 9.59 Å². The highest BCUT2D eigenvalue weighted by Crippen LogP contribution is 2.77. The lowest BCUT2D eigenvalue weighted by Gasteiger charge is -2.72. The van der Waals surface area contributed by atoms with Crippen LogP contribution in [-0.4, -0.2) is 38.2 Å². The maximum Gasteiger partial charge on any atom is 0.337 e. The van der Waals surface area contributed by atoms with Gasteiger partial charge in [0, 0.05) is 12.3 Å². The van der Waals surface area contributed by atoms with Crippen LogP contribution in [0.15, 0.2) is 30.4 Å². The minimum Gasteiger partial charge on any atom is -0.493 e. The van der Waals surface area contributed by atoms with Gasteiger partial charge in [-0.2, -0.15) is 0 Å². The van der Waals surface area contributed by atoms with Gasteiger partial charge in [-0.25, -0.2) is 4.79 Å². The molecule has 264 valence electrons. The van der Waals surface area contributed by atoms with Crippen molar-refractivity contribution < 1.29 is 33.3 Å². The first-order chi connectivity index (χ1) is 22.5. The summed E-state index contributed by atoms with van der Waals surface area (Å²) >= 11 is 0. The fourth-order valence-corrected chi connectivity index (χ4v) is 13.1. The molecule has 0 radical (unpaired) electrons. The summed E-state index contributed by atoms with van der Waals surface area (Å²) in [6.07, 6.45) is 10.1. The Morgan fingerprint density at radius 2 is 1.52 bits per heavy atom. The molecule has 5 saturated carbocycles. The highest BCUT2D eigenvalue weighted by Gasteiger charge is 2.72. The fourth-order valence-electron chi connectivity index (χ4n) is 13.1. The first kappa shape index (κ1) is 35.0. The van der Waals surface area contributed by atoms with Crippen molar-refractivity contribution in [1.29, 1.82) is 0 Å². The summed E-state index contributed by atoms with van der Waals surface area (Å²) in [6.45, 7) is 20.6. The van der Waals surface area contributed by atoms with Gasteiger partial charge >= 0.3 is 17.9 Å². The molecule has 1 aromatic rings. The number of carbonyl (C=O) groups excluding carboxylic acids is 3. The summed E-state index contributed by atoms with van der Waals surface area (Å²) in [4.78, 5) is 38.8. The molecule has 0 bridgehead atoms. The van der Waals surface area contributed by atoms with Crippen molar-refractivity contribution in [3.8, 4) is 11.5 Å². The zero-order valence-electron chi connectivity index (χ0n) is 30.8. The molecule has 6 rings (SSSR count). The van der Waals surface area contributed by atoms with Crippen molar-refractivity contribution >= 4 is 17.9 Å². The topological polar surface area (TPSA) is 88.1 Å². The second-order valence-electron chi connectivity index (χ2n) is 17.5. The lowest BCUT2D eigenvalue weighted by Crippen LogP contribution is -2.67. The third-order valence-electron chi connectivity index (χ3n) is 15.5. The van der Waals surface area contributed by atoms with Gasteiger partial charge in [-0.15, -0.1) is 0 Å². The molecule has 0 N–H and O–H groups in total. The molecule has 7 nitrogen and oxygen atoms in total. The van der Waals surface area contributed by atoms with E-state index in [1.807, 2.05) is 0 Å². The Kier molecular flexibility index (Phi) is 8.68. The number of benzene rings is 1. The van der Waals surface area contributed by atoms with E-state index in [9.17, 15) is 14.4 Å². The van der Waals surface area contributed by atoms with Gasteiger partial charge in [0.05, 0.1) is 25.2 Å². The number of allylic oxidation sites excluding steroid dienone is 1. The van der Waals surface area contributed by atoms with E-state index >= 15 is 0 Å². The number of hydrogen-bond donors (Lipinski definition) is 0. The molecular weight excluding hydrogens is 604 g/mol. The molecule has 0 heterocycles. The Morgan fingerprint density at radius 3 is 2.17 bits per heavy atom. The summed E-state index contributed by atoms with van der Waals surface area (Å²) in [5.41, 5.74) is 1.24. The number of rotatable bonds is 6. The molecule has 0 saturated heterocycles. The van der Waals surface area contributed by atoms with E-state index in [0.29, 0.717) is 34.8 Å². The second kappa shape index (κ2) is 11.9. The molecule has 0 unspecified atom stereocenters. The van der Waals surface area contributed by atoms with Crippen molar-refractivity contribution in [2.75, 3.05) is 14.2 Å². The van der Waals surface area contributed by atoms with Gasteiger partial charge < -0.3 is 18.9 Å². The average Bonchev–Trinajstić information content (AvgIpc) is 3.44. The van der Waals surface area contributed by atoms with Crippen molar-refractivity contribution in [3.05, 3.63) is 35.9 Å². The molecule has 0 amide bonds. The monoisotopic (exact) mass is 662 g/mol. The highest BCUT2D eigenvalue weighted by molar-refractivity contribution is 5.90. The molecule has 5 aliphatic carbocycles. The molecule has 10 atom stereocenters. The third-order valence-corrected chi connectivity index (χ3v) is 15.5. The fraction of sp³-hybridized carbons (Fsp3) is 0.732. The van der Waals surface area contributed by atoms with Gasteiger partial charge in [0.2, 0.25) is 0 Å². The van der Waals surface area contributed by atoms with Crippen LogP contribution in [0.4, 0.5) is 0 Å². The van der Waals surface area contributed by atoms with Crippen LogP contribution >= 0.6 is 0 Å². The van der Waals surface area contributed by atoms with Gasteiger partial charge in [0.1, 0.15) is 6.10 Å². The summed E-state index contributed by atoms with van der Waals surface area (Å²) in [7, 11) is 2.86. The largest absolute Gasteiger partial charge is 0.493 e. The molecule has 5 aliphatic rings. The number of methoxy groups -OCH3 is 2. The maximum atomic E-state index is 14.6. The molecule has 0 aromatic heterocycles. The minimum absolute atomic E-state index is 0.0317. The zero-order valence-corrected chi connectivity index (χ0v) is 30.8. The van der Waals surface area contributed by atoms with Crippen molar-refractivity contribution in [2.45, 2.75) is 119 Å². The van der Waals surface area contributed by atoms with E-state index in [1.54, 1.807) is 25.1 Å². The number of esters is 3. The van der Waals surface area contributed by atoms with E-state index in [4.69, 9.17) is 18.9 Å². The van der Waals surface area contributed by atoms with Gasteiger partial charge in [-0.1, -0.05) is 46.8 Å². The molecular formula is C41H58O7. The van der Waals surface area contributed by atoms with Gasteiger partial charge in [0.25, 0.3) is 0 Å². The predicted molar refractivity (Wildman–Crippen MR) is 184 cm³/mol. The van der Waals surface area contributed by atoms with Gasteiger partial charge in [-0.05, 0) is 135 Å². The van der Waals surface area contributed by atoms with E-state index < -0.39 is 11.4 Å². The first-order valence-corrected chi connectivity index (χ1v) is 18.3. The standard InChI is InChI=1S/C41H58O7/c1-24(2)27-15-20-41(36(44)48-29-13-11-26(35(43)46-10)23-30(29)45-9)22-21-39(7)28(34(27)41)12-14-32-38(6)18-17-33(47-25(3)42)37(4,5)31(38)16-19-40(32,39)8/h11,13,23,27-28,31-34H,1,12,14-22H2,2-10H3/t27-,28+,31-,32+,33-,34-,38-,39+,40+,41-/m0/s1. The zero-order chi connectivity index (χ0) is 35.0. The van der Waals surface area contributed by atoms with Crippen LogP contribution in [0.1, 0.15) is 123 Å². The smallest absolute Gasteiger partial charge is 0.337 e. The summed E-state index contributed by atoms with van der Waals surface area (Å²) in [6, 6.07) is 4.85. The Morgan fingerprint density at radius 1 is 0.792 bits per heavy atom.